The molecule has 1 atom stereocenters. The number of rotatable bonds is 3. The fourth-order valence-corrected chi connectivity index (χ4v) is 3.83. The van der Waals surface area contributed by atoms with Crippen LogP contribution in [0, 0.1) is 0 Å². The molecule has 1 unspecified atom stereocenters. The number of nitrogens with one attached hydrogen (secondary N) is 2. The molecule has 2 aromatic rings. The first-order chi connectivity index (χ1) is 13.5. The Kier molecular flexibility index (Phi) is 5.04. The van der Waals surface area contributed by atoms with Gasteiger partial charge in [-0.05, 0) is 37.5 Å². The summed E-state index contributed by atoms with van der Waals surface area (Å²) >= 11 is 5.97. The monoisotopic (exact) mass is 400 g/mol. The van der Waals surface area contributed by atoms with Crippen molar-refractivity contribution < 1.29 is 9.59 Å². The molecule has 9 heteroatoms. The van der Waals surface area contributed by atoms with Crippen molar-refractivity contribution >= 4 is 46.7 Å². The maximum absolute atomic E-state index is 12.9. The van der Waals surface area contributed by atoms with E-state index in [1.54, 1.807) is 24.3 Å². The van der Waals surface area contributed by atoms with Gasteiger partial charge in [-0.2, -0.15) is 9.97 Å². The molecule has 2 aliphatic heterocycles. The van der Waals surface area contributed by atoms with Crippen molar-refractivity contribution in [1.82, 2.24) is 9.97 Å². The van der Waals surface area contributed by atoms with Crippen molar-refractivity contribution in [3.05, 3.63) is 34.9 Å². The first-order valence-corrected chi connectivity index (χ1v) is 9.67. The molecule has 4 N–H and O–H groups in total. The Balaban J connectivity index is 1.64. The molecule has 0 saturated carbocycles. The predicted molar refractivity (Wildman–Crippen MR) is 109 cm³/mol. The van der Waals surface area contributed by atoms with E-state index in [2.05, 4.69) is 25.5 Å². The topological polar surface area (TPSA) is 113 Å². The summed E-state index contributed by atoms with van der Waals surface area (Å²) in [5, 5.41) is 6.04. The largest absolute Gasteiger partial charge is 0.383 e. The smallest absolute Gasteiger partial charge is 0.232 e. The minimum Gasteiger partial charge on any atom is -0.383 e. The van der Waals surface area contributed by atoms with Crippen LogP contribution < -0.4 is 21.3 Å². The number of hydrogen-bond acceptors (Lipinski definition) is 6. The van der Waals surface area contributed by atoms with Crippen molar-refractivity contribution in [1.29, 1.82) is 0 Å². The number of halogens is 1. The van der Waals surface area contributed by atoms with Gasteiger partial charge in [0.2, 0.25) is 17.8 Å². The van der Waals surface area contributed by atoms with E-state index in [9.17, 15) is 9.59 Å². The van der Waals surface area contributed by atoms with Crippen LogP contribution in [0.3, 0.4) is 0 Å². The van der Waals surface area contributed by atoms with Crippen LogP contribution in [0.1, 0.15) is 37.2 Å². The summed E-state index contributed by atoms with van der Waals surface area (Å²) in [5.41, 5.74) is 7.22. The van der Waals surface area contributed by atoms with Gasteiger partial charge in [0.15, 0.2) is 0 Å². The van der Waals surface area contributed by atoms with E-state index in [0.29, 0.717) is 28.0 Å². The third kappa shape index (κ3) is 3.73. The summed E-state index contributed by atoms with van der Waals surface area (Å²) in [7, 11) is 0. The lowest BCUT2D eigenvalue weighted by Gasteiger charge is -2.30. The number of nitrogens with zero attached hydrogens (tertiary/aromatic N) is 3. The van der Waals surface area contributed by atoms with Gasteiger partial charge < -0.3 is 21.3 Å². The third-order valence-electron chi connectivity index (χ3n) is 5.01. The number of piperidine rings is 1. The number of nitrogens with two attached hydrogens (primary N) is 1. The zero-order chi connectivity index (χ0) is 19.7. The minimum atomic E-state index is -0.766. The van der Waals surface area contributed by atoms with E-state index in [-0.39, 0.29) is 24.1 Å². The highest BCUT2D eigenvalue weighted by molar-refractivity contribution is 6.30. The molecular weight excluding hydrogens is 380 g/mol. The first kappa shape index (κ1) is 18.5. The molecule has 4 rings (SSSR count). The second-order valence-corrected chi connectivity index (χ2v) is 7.46. The minimum absolute atomic E-state index is 0.0178. The van der Waals surface area contributed by atoms with Crippen LogP contribution in [0.15, 0.2) is 24.3 Å². The first-order valence-electron chi connectivity index (χ1n) is 9.30. The molecule has 2 aliphatic rings. The van der Waals surface area contributed by atoms with Crippen LogP contribution in [-0.4, -0.2) is 34.9 Å². The van der Waals surface area contributed by atoms with Gasteiger partial charge in [-0.15, -0.1) is 0 Å². The molecule has 1 saturated heterocycles. The molecule has 8 nitrogen and oxygen atoms in total. The summed E-state index contributed by atoms with van der Waals surface area (Å²) in [6.07, 6.45) is 3.30. The van der Waals surface area contributed by atoms with Crippen LogP contribution in [0.25, 0.3) is 0 Å². The zero-order valence-electron chi connectivity index (χ0n) is 15.2. The molecule has 0 bridgehead atoms. The number of aromatic nitrogens is 2. The molecule has 0 aliphatic carbocycles. The summed E-state index contributed by atoms with van der Waals surface area (Å²) in [6.45, 7) is 1.70. The number of benzene rings is 1. The fourth-order valence-electron chi connectivity index (χ4n) is 3.64. The van der Waals surface area contributed by atoms with Gasteiger partial charge in [-0.25, -0.2) is 0 Å². The molecule has 0 radical (unpaired) electrons. The van der Waals surface area contributed by atoms with E-state index in [0.717, 1.165) is 25.9 Å². The summed E-state index contributed by atoms with van der Waals surface area (Å²) in [5.74, 6) is -0.363. The SMILES string of the molecule is Nc1nc(N2CCCCC2)nc2c1C(C(=O)Nc1cccc(Cl)c1)CC(=O)N2. The number of amides is 2. The number of carbonyl (C=O) groups excluding carboxylic acids is 2. The van der Waals surface area contributed by atoms with Gasteiger partial charge in [0, 0.05) is 30.2 Å². The van der Waals surface area contributed by atoms with Crippen molar-refractivity contribution in [2.24, 2.45) is 0 Å². The van der Waals surface area contributed by atoms with Gasteiger partial charge in [-0.3, -0.25) is 9.59 Å². The quantitative estimate of drug-likeness (QED) is 0.730. The molecule has 1 fully saturated rings. The highest BCUT2D eigenvalue weighted by Gasteiger charge is 2.35. The average Bonchev–Trinajstić information content (AvgIpc) is 2.67. The summed E-state index contributed by atoms with van der Waals surface area (Å²) < 4.78 is 0. The summed E-state index contributed by atoms with van der Waals surface area (Å²) in [6, 6.07) is 6.83. The number of carbonyl (C=O) groups is 2. The van der Waals surface area contributed by atoms with E-state index in [1.807, 2.05) is 0 Å². The third-order valence-corrected chi connectivity index (χ3v) is 5.24. The van der Waals surface area contributed by atoms with Crippen LogP contribution >= 0.6 is 11.6 Å². The Morgan fingerprint density at radius 3 is 2.79 bits per heavy atom. The maximum Gasteiger partial charge on any atom is 0.232 e. The van der Waals surface area contributed by atoms with E-state index < -0.39 is 5.92 Å². The zero-order valence-corrected chi connectivity index (χ0v) is 16.0. The Morgan fingerprint density at radius 2 is 2.04 bits per heavy atom. The second-order valence-electron chi connectivity index (χ2n) is 7.02. The average molecular weight is 401 g/mol. The van der Waals surface area contributed by atoms with E-state index in [4.69, 9.17) is 17.3 Å². The summed E-state index contributed by atoms with van der Waals surface area (Å²) in [4.78, 5) is 36.1. The Morgan fingerprint density at radius 1 is 1.25 bits per heavy atom. The maximum atomic E-state index is 12.9. The lowest BCUT2D eigenvalue weighted by Crippen LogP contribution is -2.35. The molecular formula is C19H21ClN6O2. The predicted octanol–water partition coefficient (Wildman–Crippen LogP) is 2.77. The van der Waals surface area contributed by atoms with Crippen molar-refractivity contribution in [2.45, 2.75) is 31.6 Å². The molecule has 3 heterocycles. The molecule has 1 aromatic carbocycles. The Bertz CT molecular complexity index is 929. The second kappa shape index (κ2) is 7.63. The lowest BCUT2D eigenvalue weighted by molar-refractivity contribution is -0.123. The van der Waals surface area contributed by atoms with Crippen LogP contribution in [-0.2, 0) is 9.59 Å². The van der Waals surface area contributed by atoms with Crippen molar-refractivity contribution in [3.63, 3.8) is 0 Å². The van der Waals surface area contributed by atoms with Gasteiger partial charge in [0.25, 0.3) is 0 Å². The van der Waals surface area contributed by atoms with Gasteiger partial charge in [0.05, 0.1) is 11.5 Å². The highest BCUT2D eigenvalue weighted by Crippen LogP contribution is 2.37. The number of hydrogen-bond donors (Lipinski definition) is 3. The Hall–Kier alpha value is -2.87. The van der Waals surface area contributed by atoms with Crippen LogP contribution in [0.2, 0.25) is 5.02 Å². The van der Waals surface area contributed by atoms with Crippen LogP contribution in [0.5, 0.6) is 0 Å². The Labute approximate surface area is 167 Å². The lowest BCUT2D eigenvalue weighted by atomic mass is 9.92. The standard InChI is InChI=1S/C19H21ClN6O2/c20-11-5-4-6-12(9-11)22-18(28)13-10-14(27)23-17-15(13)16(21)24-19(25-17)26-7-2-1-3-8-26/h4-6,9,13H,1-3,7-8,10H2,(H,22,28)(H3,21,23,24,25,27). The molecule has 0 spiro atoms. The van der Waals surface area contributed by atoms with Gasteiger partial charge >= 0.3 is 0 Å². The molecule has 146 valence electrons. The van der Waals surface area contributed by atoms with Crippen molar-refractivity contribution in [2.75, 3.05) is 34.4 Å². The normalized spacial score (nSPS) is 19.0. The molecule has 1 aromatic heterocycles. The van der Waals surface area contributed by atoms with Crippen LogP contribution in [0.4, 0.5) is 23.3 Å². The highest BCUT2D eigenvalue weighted by atomic mass is 35.5. The fraction of sp³-hybridized carbons (Fsp3) is 0.368. The molecule has 28 heavy (non-hydrogen) atoms. The van der Waals surface area contributed by atoms with E-state index in [1.165, 1.54) is 6.42 Å². The van der Waals surface area contributed by atoms with Gasteiger partial charge in [0.1, 0.15) is 11.6 Å². The van der Waals surface area contributed by atoms with E-state index >= 15 is 0 Å². The van der Waals surface area contributed by atoms with Gasteiger partial charge in [-0.1, -0.05) is 17.7 Å². The number of anilines is 4. The molecule has 2 amide bonds. The van der Waals surface area contributed by atoms with Crippen molar-refractivity contribution in [3.8, 4) is 0 Å². The number of nitrogen functional groups attached to an aromatic ring is 1. The number of fused-ring (bicyclic) bond motifs is 1.